The summed E-state index contributed by atoms with van der Waals surface area (Å²) in [5.41, 5.74) is 8.57. The Balaban J connectivity index is 1.79. The van der Waals surface area contributed by atoms with Gasteiger partial charge in [-0.05, 0) is 63.8 Å². The van der Waals surface area contributed by atoms with Crippen LogP contribution in [0.4, 0.5) is 0 Å². The van der Waals surface area contributed by atoms with Gasteiger partial charge in [0, 0.05) is 22.3 Å². The number of aryl methyl sites for hydroxylation is 1. The molecule has 0 aliphatic carbocycles. The number of carboxylic acid groups (broad SMARTS) is 1. The molecule has 7 atom stereocenters. The van der Waals surface area contributed by atoms with Crippen LogP contribution in [0.15, 0.2) is 10.5 Å². The average Bonchev–Trinajstić information content (AvgIpc) is 3.44. The number of aliphatic hydroxyl groups is 1. The number of nitrogens with zero attached hydrogens (tertiary/aromatic N) is 4. The predicted octanol–water partition coefficient (Wildman–Crippen LogP) is 4.91. The number of aliphatic carboxylic acids is 1. The highest BCUT2D eigenvalue weighted by Crippen LogP contribution is 2.35. The predicted molar refractivity (Wildman–Crippen MR) is 140 cm³/mol. The maximum Gasteiger partial charge on any atom is 0.310 e. The number of carbonyl (C=O) groups excluding carboxylic acids is 2. The molecule has 2 heterocycles. The monoisotopic (exact) mass is 536 g/mol. The Morgan fingerprint density at radius 2 is 1.92 bits per heavy atom. The molecule has 0 amide bonds. The Kier molecular flexibility index (Phi) is 11.2. The zero-order chi connectivity index (χ0) is 27.9. The Morgan fingerprint density at radius 1 is 1.24 bits per heavy atom. The summed E-state index contributed by atoms with van der Waals surface area (Å²) in [4.78, 5) is 43.5. The Hall–Kier alpha value is -2.33. The lowest BCUT2D eigenvalue weighted by atomic mass is 9.74. The third kappa shape index (κ3) is 8.88. The van der Waals surface area contributed by atoms with Gasteiger partial charge in [-0.25, -0.2) is 4.98 Å². The van der Waals surface area contributed by atoms with Gasteiger partial charge in [-0.3, -0.25) is 14.4 Å². The summed E-state index contributed by atoms with van der Waals surface area (Å²) in [6, 6.07) is -0.179. The van der Waals surface area contributed by atoms with Crippen LogP contribution in [0.2, 0.25) is 0 Å². The maximum absolute atomic E-state index is 12.9. The van der Waals surface area contributed by atoms with Gasteiger partial charge in [-0.15, -0.1) is 11.3 Å². The normalized spacial score (nSPS) is 21.3. The van der Waals surface area contributed by atoms with E-state index in [-0.39, 0.29) is 30.1 Å². The van der Waals surface area contributed by atoms with Crippen molar-refractivity contribution in [2.24, 2.45) is 28.3 Å². The molecule has 2 rings (SSSR count). The number of carbonyl (C=O) groups is 3. The van der Waals surface area contributed by atoms with Gasteiger partial charge in [0.15, 0.2) is 11.6 Å². The van der Waals surface area contributed by atoms with E-state index >= 15 is 0 Å². The van der Waals surface area contributed by atoms with E-state index in [4.69, 9.17) is 15.4 Å². The minimum absolute atomic E-state index is 0.0388. The van der Waals surface area contributed by atoms with Gasteiger partial charge in [0.05, 0.1) is 34.4 Å². The standard InChI is InChI=1S/C26H40N4O6S/c1-14(24(34)16(3)25(35)26(5,6)22(31)12-23(32)33)8-7-9-20-21(36-20)11-19(29-30-27)15(2)10-18-13-37-17(4)28-18/h13-16,19-21,24,34H,7-12H2,1-6H3,(H,32,33)/t14-,15?,16+,19-,20+,21-,24-/m0/s1. The molecule has 1 fully saturated rings. The van der Waals surface area contributed by atoms with E-state index in [2.05, 4.69) is 21.9 Å². The molecule has 10 nitrogen and oxygen atoms in total. The van der Waals surface area contributed by atoms with E-state index in [0.717, 1.165) is 30.0 Å². The number of hydrogen-bond donors (Lipinski definition) is 2. The van der Waals surface area contributed by atoms with Crippen molar-refractivity contribution in [2.45, 2.75) is 104 Å². The second-order valence-corrected chi connectivity index (χ2v) is 12.0. The second-order valence-electron chi connectivity index (χ2n) is 10.9. The fourth-order valence-electron chi connectivity index (χ4n) is 4.83. The summed E-state index contributed by atoms with van der Waals surface area (Å²) in [6.07, 6.45) is 2.13. The minimum atomic E-state index is -1.47. The van der Waals surface area contributed by atoms with Gasteiger partial charge in [0.2, 0.25) is 0 Å². The second kappa shape index (κ2) is 13.5. The topological polar surface area (TPSA) is 166 Å². The third-order valence-electron chi connectivity index (χ3n) is 7.50. The maximum atomic E-state index is 12.9. The largest absolute Gasteiger partial charge is 0.481 e. The zero-order valence-electron chi connectivity index (χ0n) is 22.6. The van der Waals surface area contributed by atoms with Gasteiger partial charge in [-0.2, -0.15) is 0 Å². The Morgan fingerprint density at radius 3 is 2.49 bits per heavy atom. The number of rotatable bonds is 17. The molecule has 1 aromatic heterocycles. The highest BCUT2D eigenvalue weighted by molar-refractivity contribution is 7.09. The quantitative estimate of drug-likeness (QED) is 0.0938. The van der Waals surface area contributed by atoms with E-state index in [1.54, 1.807) is 18.3 Å². The van der Waals surface area contributed by atoms with Crippen molar-refractivity contribution < 1.29 is 29.3 Å². The first-order chi connectivity index (χ1) is 17.3. The molecule has 206 valence electrons. The summed E-state index contributed by atoms with van der Waals surface area (Å²) in [7, 11) is 0. The van der Waals surface area contributed by atoms with Crippen molar-refractivity contribution >= 4 is 28.9 Å². The molecular weight excluding hydrogens is 496 g/mol. The van der Waals surface area contributed by atoms with E-state index in [1.807, 2.05) is 19.2 Å². The van der Waals surface area contributed by atoms with Gasteiger partial charge in [0.1, 0.15) is 6.42 Å². The van der Waals surface area contributed by atoms with Crippen molar-refractivity contribution in [3.8, 4) is 0 Å². The van der Waals surface area contributed by atoms with Crippen LogP contribution in [-0.4, -0.2) is 57.1 Å². The Bertz CT molecular complexity index is 1000. The molecule has 0 aromatic carbocycles. The van der Waals surface area contributed by atoms with E-state index in [0.29, 0.717) is 12.8 Å². The number of ketones is 2. The summed E-state index contributed by atoms with van der Waals surface area (Å²) < 4.78 is 5.83. The highest BCUT2D eigenvalue weighted by atomic mass is 32.1. The zero-order valence-corrected chi connectivity index (χ0v) is 23.4. The number of carboxylic acids is 1. The van der Waals surface area contributed by atoms with Crippen LogP contribution in [0.25, 0.3) is 10.4 Å². The van der Waals surface area contributed by atoms with Gasteiger partial charge in [0.25, 0.3) is 0 Å². The van der Waals surface area contributed by atoms with Crippen LogP contribution in [0.1, 0.15) is 77.4 Å². The van der Waals surface area contributed by atoms with E-state index < -0.39 is 41.4 Å². The van der Waals surface area contributed by atoms with Crippen LogP contribution in [0, 0.1) is 30.1 Å². The number of aliphatic hydroxyl groups excluding tert-OH is 1. The molecule has 37 heavy (non-hydrogen) atoms. The highest BCUT2D eigenvalue weighted by Gasteiger charge is 2.43. The van der Waals surface area contributed by atoms with Crippen molar-refractivity contribution in [3.63, 3.8) is 0 Å². The molecule has 1 aliphatic rings. The van der Waals surface area contributed by atoms with Crippen LogP contribution < -0.4 is 0 Å². The SMILES string of the molecule is Cc1nc(CC(C)[C@H](C[C@@H]2O[C@@H]2CCC[C@H](C)[C@H](O)[C@@H](C)C(=O)C(C)(C)C(=O)CC(=O)O)N=[N+]=[N-])cs1. The number of Topliss-reactive ketones (excluding diaryl/α,β-unsaturated/α-hetero) is 2. The molecule has 2 N–H and O–H groups in total. The number of azide groups is 1. The average molecular weight is 537 g/mol. The minimum Gasteiger partial charge on any atom is -0.481 e. The van der Waals surface area contributed by atoms with E-state index in [1.165, 1.54) is 13.8 Å². The molecule has 11 heteroatoms. The summed E-state index contributed by atoms with van der Waals surface area (Å²) in [6.45, 7) is 10.3. The first-order valence-electron chi connectivity index (χ1n) is 12.9. The molecule has 1 aliphatic heterocycles. The summed E-state index contributed by atoms with van der Waals surface area (Å²) >= 11 is 1.61. The third-order valence-corrected chi connectivity index (χ3v) is 8.32. The molecular formula is C26H40N4O6S. The van der Waals surface area contributed by atoms with Gasteiger partial charge < -0.3 is 14.9 Å². The molecule has 1 saturated heterocycles. The summed E-state index contributed by atoms with van der Waals surface area (Å²) in [5.74, 6) is -3.22. The number of hydrogen-bond acceptors (Lipinski definition) is 8. The molecule has 0 radical (unpaired) electrons. The van der Waals surface area contributed by atoms with E-state index in [9.17, 15) is 19.5 Å². The smallest absolute Gasteiger partial charge is 0.310 e. The van der Waals surface area contributed by atoms with Crippen molar-refractivity contribution in [2.75, 3.05) is 0 Å². The molecule has 0 spiro atoms. The lowest BCUT2D eigenvalue weighted by Gasteiger charge is -2.30. The Labute approximate surface area is 222 Å². The number of thiazole rings is 1. The lowest BCUT2D eigenvalue weighted by Crippen LogP contribution is -2.43. The molecule has 1 unspecified atom stereocenters. The van der Waals surface area contributed by atoms with Crippen LogP contribution in [0.5, 0.6) is 0 Å². The van der Waals surface area contributed by atoms with Crippen LogP contribution in [0.3, 0.4) is 0 Å². The fraction of sp³-hybridized carbons (Fsp3) is 0.769. The van der Waals surface area contributed by atoms with Crippen LogP contribution in [-0.2, 0) is 25.5 Å². The first-order valence-corrected chi connectivity index (χ1v) is 13.7. The van der Waals surface area contributed by atoms with Gasteiger partial charge >= 0.3 is 5.97 Å². The number of epoxide rings is 1. The lowest BCUT2D eigenvalue weighted by molar-refractivity contribution is -0.147. The fourth-order valence-corrected chi connectivity index (χ4v) is 5.46. The molecule has 1 aromatic rings. The van der Waals surface area contributed by atoms with Crippen molar-refractivity contribution in [1.29, 1.82) is 0 Å². The van der Waals surface area contributed by atoms with Crippen LogP contribution >= 0.6 is 11.3 Å². The molecule has 0 saturated carbocycles. The molecule has 0 bridgehead atoms. The first kappa shape index (κ1) is 30.9. The van der Waals surface area contributed by atoms with Crippen molar-refractivity contribution in [1.82, 2.24) is 4.98 Å². The number of aromatic nitrogens is 1. The van der Waals surface area contributed by atoms with Gasteiger partial charge in [-0.1, -0.05) is 32.3 Å². The number of ether oxygens (including phenoxy) is 1. The van der Waals surface area contributed by atoms with Crippen molar-refractivity contribution in [3.05, 3.63) is 26.5 Å². The summed E-state index contributed by atoms with van der Waals surface area (Å²) in [5, 5.41) is 26.7.